The van der Waals surface area contributed by atoms with Gasteiger partial charge in [0.15, 0.2) is 5.82 Å². The number of nitrogens with one attached hydrogen (secondary N) is 2. The standard InChI is InChI=1S/C13H17N3O2/c1-13(2,3)9-5-4-6-10(7-9)18-8-11-14-12(17)16-15-11/h4-7H,8H2,1-3H3,(H2,14,15,16,17). The highest BCUT2D eigenvalue weighted by Crippen LogP contribution is 2.25. The average Bonchev–Trinajstić information content (AvgIpc) is 2.72. The van der Waals surface area contributed by atoms with Gasteiger partial charge in [-0.05, 0) is 23.1 Å². The molecule has 18 heavy (non-hydrogen) atoms. The van der Waals surface area contributed by atoms with Crippen LogP contribution in [-0.4, -0.2) is 15.2 Å². The van der Waals surface area contributed by atoms with Crippen LogP contribution in [0.15, 0.2) is 29.1 Å². The Labute approximate surface area is 105 Å². The lowest BCUT2D eigenvalue weighted by atomic mass is 9.87. The Morgan fingerprint density at radius 3 is 2.72 bits per heavy atom. The Balaban J connectivity index is 2.08. The van der Waals surface area contributed by atoms with E-state index in [4.69, 9.17) is 4.74 Å². The highest BCUT2D eigenvalue weighted by molar-refractivity contribution is 5.32. The largest absolute Gasteiger partial charge is 0.486 e. The quantitative estimate of drug-likeness (QED) is 0.871. The summed E-state index contributed by atoms with van der Waals surface area (Å²) in [6.07, 6.45) is 0. The van der Waals surface area contributed by atoms with Crippen molar-refractivity contribution in [3.05, 3.63) is 46.1 Å². The lowest BCUT2D eigenvalue weighted by Crippen LogP contribution is -2.11. The molecule has 0 bridgehead atoms. The summed E-state index contributed by atoms with van der Waals surface area (Å²) in [5.41, 5.74) is 0.965. The van der Waals surface area contributed by atoms with Crippen LogP contribution in [0.25, 0.3) is 0 Å². The first-order valence-corrected chi connectivity index (χ1v) is 5.82. The molecule has 2 aromatic rings. The van der Waals surface area contributed by atoms with E-state index in [9.17, 15) is 4.79 Å². The number of nitrogens with zero attached hydrogens (tertiary/aromatic N) is 1. The summed E-state index contributed by atoms with van der Waals surface area (Å²) >= 11 is 0. The Kier molecular flexibility index (Phi) is 3.23. The van der Waals surface area contributed by atoms with E-state index in [1.54, 1.807) is 0 Å². The van der Waals surface area contributed by atoms with Crippen LogP contribution in [0.5, 0.6) is 5.75 Å². The summed E-state index contributed by atoms with van der Waals surface area (Å²) in [5, 5.41) is 6.08. The van der Waals surface area contributed by atoms with Crippen molar-refractivity contribution < 1.29 is 4.74 Å². The van der Waals surface area contributed by atoms with Gasteiger partial charge < -0.3 is 4.74 Å². The molecule has 0 fully saturated rings. The lowest BCUT2D eigenvalue weighted by Gasteiger charge is -2.19. The molecule has 0 radical (unpaired) electrons. The van der Waals surface area contributed by atoms with Crippen LogP contribution >= 0.6 is 0 Å². The first-order chi connectivity index (χ1) is 8.45. The summed E-state index contributed by atoms with van der Waals surface area (Å²) in [5.74, 6) is 1.26. The number of hydrogen-bond acceptors (Lipinski definition) is 3. The number of aromatic nitrogens is 3. The van der Waals surface area contributed by atoms with Crippen LogP contribution < -0.4 is 10.4 Å². The molecule has 5 nitrogen and oxygen atoms in total. The van der Waals surface area contributed by atoms with Crippen LogP contribution in [0.1, 0.15) is 32.2 Å². The maximum atomic E-state index is 10.9. The topological polar surface area (TPSA) is 70.8 Å². The maximum absolute atomic E-state index is 10.9. The lowest BCUT2D eigenvalue weighted by molar-refractivity contribution is 0.295. The molecule has 0 aliphatic heterocycles. The SMILES string of the molecule is CC(C)(C)c1cccc(OCc2n[nH]c(=O)[nH]2)c1. The third-order valence-corrected chi connectivity index (χ3v) is 2.63. The van der Waals surface area contributed by atoms with Crippen molar-refractivity contribution in [2.75, 3.05) is 0 Å². The van der Waals surface area contributed by atoms with E-state index < -0.39 is 0 Å². The monoisotopic (exact) mass is 247 g/mol. The number of rotatable bonds is 3. The van der Waals surface area contributed by atoms with Gasteiger partial charge in [0, 0.05) is 0 Å². The van der Waals surface area contributed by atoms with Crippen molar-refractivity contribution in [2.45, 2.75) is 32.8 Å². The van der Waals surface area contributed by atoms with Crippen molar-refractivity contribution in [1.82, 2.24) is 15.2 Å². The number of H-pyrrole nitrogens is 2. The van der Waals surface area contributed by atoms with Gasteiger partial charge in [0.25, 0.3) is 0 Å². The van der Waals surface area contributed by atoms with E-state index in [1.807, 2.05) is 18.2 Å². The summed E-state index contributed by atoms with van der Waals surface area (Å²) in [4.78, 5) is 13.4. The van der Waals surface area contributed by atoms with Gasteiger partial charge in [0.2, 0.25) is 0 Å². The number of ether oxygens (including phenoxy) is 1. The van der Waals surface area contributed by atoms with E-state index in [2.05, 4.69) is 42.0 Å². The fraction of sp³-hybridized carbons (Fsp3) is 0.385. The zero-order valence-electron chi connectivity index (χ0n) is 10.8. The molecule has 0 atom stereocenters. The molecule has 0 saturated heterocycles. The molecule has 0 aliphatic rings. The van der Waals surface area contributed by atoms with E-state index in [1.165, 1.54) is 5.56 Å². The van der Waals surface area contributed by atoms with Crippen molar-refractivity contribution in [2.24, 2.45) is 0 Å². The Morgan fingerprint density at radius 2 is 2.11 bits per heavy atom. The highest BCUT2D eigenvalue weighted by Gasteiger charge is 2.13. The highest BCUT2D eigenvalue weighted by atomic mass is 16.5. The zero-order valence-corrected chi connectivity index (χ0v) is 10.8. The molecule has 0 spiro atoms. The molecule has 5 heteroatoms. The molecule has 1 heterocycles. The Morgan fingerprint density at radius 1 is 1.33 bits per heavy atom. The van der Waals surface area contributed by atoms with Gasteiger partial charge in [-0.2, -0.15) is 5.10 Å². The van der Waals surface area contributed by atoms with Crippen LogP contribution in [0.4, 0.5) is 0 Å². The minimum atomic E-state index is -0.322. The molecule has 1 aromatic heterocycles. The maximum Gasteiger partial charge on any atom is 0.340 e. The van der Waals surface area contributed by atoms with Crippen molar-refractivity contribution in [3.63, 3.8) is 0 Å². The van der Waals surface area contributed by atoms with Gasteiger partial charge in [0.05, 0.1) is 0 Å². The molecule has 2 N–H and O–H groups in total. The molecule has 2 rings (SSSR count). The van der Waals surface area contributed by atoms with Gasteiger partial charge >= 0.3 is 5.69 Å². The van der Waals surface area contributed by atoms with Gasteiger partial charge in [-0.3, -0.25) is 4.98 Å². The number of hydrogen-bond donors (Lipinski definition) is 2. The fourth-order valence-corrected chi connectivity index (χ4v) is 1.58. The third kappa shape index (κ3) is 3.00. The summed E-state index contributed by atoms with van der Waals surface area (Å²) in [7, 11) is 0. The summed E-state index contributed by atoms with van der Waals surface area (Å²) in [6.45, 7) is 6.69. The molecule has 96 valence electrons. The fourth-order valence-electron chi connectivity index (χ4n) is 1.58. The van der Waals surface area contributed by atoms with E-state index in [-0.39, 0.29) is 17.7 Å². The number of benzene rings is 1. The minimum absolute atomic E-state index is 0.0834. The first kappa shape index (κ1) is 12.4. The van der Waals surface area contributed by atoms with Gasteiger partial charge in [-0.1, -0.05) is 32.9 Å². The first-order valence-electron chi connectivity index (χ1n) is 5.82. The predicted molar refractivity (Wildman–Crippen MR) is 68.7 cm³/mol. The minimum Gasteiger partial charge on any atom is -0.486 e. The predicted octanol–water partition coefficient (Wildman–Crippen LogP) is 1.97. The van der Waals surface area contributed by atoms with Crippen molar-refractivity contribution >= 4 is 0 Å². The second-order valence-electron chi connectivity index (χ2n) is 5.19. The molecule has 0 aliphatic carbocycles. The normalized spacial score (nSPS) is 11.5. The van der Waals surface area contributed by atoms with Crippen LogP contribution in [0.3, 0.4) is 0 Å². The molecular weight excluding hydrogens is 230 g/mol. The molecule has 1 aromatic carbocycles. The zero-order chi connectivity index (χ0) is 13.2. The van der Waals surface area contributed by atoms with Crippen molar-refractivity contribution in [1.29, 1.82) is 0 Å². The smallest absolute Gasteiger partial charge is 0.340 e. The third-order valence-electron chi connectivity index (χ3n) is 2.63. The van der Waals surface area contributed by atoms with E-state index in [0.29, 0.717) is 5.82 Å². The van der Waals surface area contributed by atoms with E-state index >= 15 is 0 Å². The number of aromatic amines is 2. The summed E-state index contributed by atoms with van der Waals surface area (Å²) < 4.78 is 5.59. The Hall–Kier alpha value is -2.04. The van der Waals surface area contributed by atoms with Crippen LogP contribution in [0, 0.1) is 0 Å². The van der Waals surface area contributed by atoms with Gasteiger partial charge in [-0.25, -0.2) is 9.89 Å². The van der Waals surface area contributed by atoms with E-state index in [0.717, 1.165) is 5.75 Å². The average molecular weight is 247 g/mol. The second-order valence-corrected chi connectivity index (χ2v) is 5.19. The second kappa shape index (κ2) is 4.68. The van der Waals surface area contributed by atoms with Gasteiger partial charge in [-0.15, -0.1) is 0 Å². The van der Waals surface area contributed by atoms with Gasteiger partial charge in [0.1, 0.15) is 12.4 Å². The molecular formula is C13H17N3O2. The summed E-state index contributed by atoms with van der Waals surface area (Å²) in [6, 6.07) is 7.93. The molecule has 0 amide bonds. The molecule has 0 unspecified atom stereocenters. The van der Waals surface area contributed by atoms with Crippen LogP contribution in [0.2, 0.25) is 0 Å². The molecule has 0 saturated carbocycles. The Bertz CT molecular complexity index is 578. The van der Waals surface area contributed by atoms with Crippen LogP contribution in [-0.2, 0) is 12.0 Å². The van der Waals surface area contributed by atoms with Crippen molar-refractivity contribution in [3.8, 4) is 5.75 Å².